The molecule has 166 valence electrons. The van der Waals surface area contributed by atoms with Crippen LogP contribution < -0.4 is 16.2 Å². The minimum Gasteiger partial charge on any atom is -0.474 e. The molecule has 0 saturated carbocycles. The maximum atomic E-state index is 12.2. The fourth-order valence-electron chi connectivity index (χ4n) is 3.51. The molecule has 3 amide bonds. The van der Waals surface area contributed by atoms with E-state index in [1.54, 1.807) is 0 Å². The molecule has 0 fully saturated rings. The molecule has 0 aliphatic heterocycles. The number of carbonyl (C=O) groups is 4. The zero-order valence-corrected chi connectivity index (χ0v) is 16.9. The van der Waals surface area contributed by atoms with Gasteiger partial charge in [0, 0.05) is 12.1 Å². The summed E-state index contributed by atoms with van der Waals surface area (Å²) >= 11 is 0. The second-order valence-corrected chi connectivity index (χ2v) is 6.93. The van der Waals surface area contributed by atoms with E-state index in [1.807, 2.05) is 53.8 Å². The predicted molar refractivity (Wildman–Crippen MR) is 114 cm³/mol. The molecular formula is C22H17N5O6. The molecule has 11 heteroatoms. The van der Waals surface area contributed by atoms with Gasteiger partial charge in [0.2, 0.25) is 5.95 Å². The zero-order valence-electron chi connectivity index (χ0n) is 16.9. The summed E-state index contributed by atoms with van der Waals surface area (Å²) in [6.07, 6.45) is 0.269. The van der Waals surface area contributed by atoms with Crippen molar-refractivity contribution in [2.75, 3.05) is 11.9 Å². The Bertz CT molecular complexity index is 1220. The molecule has 4 N–H and O–H groups in total. The monoisotopic (exact) mass is 447 g/mol. The van der Waals surface area contributed by atoms with Crippen molar-refractivity contribution in [1.29, 1.82) is 0 Å². The summed E-state index contributed by atoms with van der Waals surface area (Å²) in [7, 11) is 0. The number of hydrogen-bond donors (Lipinski definition) is 4. The number of rotatable bonds is 4. The van der Waals surface area contributed by atoms with Crippen molar-refractivity contribution in [2.45, 2.75) is 5.92 Å². The molecule has 4 rings (SSSR count). The van der Waals surface area contributed by atoms with E-state index in [2.05, 4.69) is 20.8 Å². The first-order valence-electron chi connectivity index (χ1n) is 9.72. The lowest BCUT2D eigenvalue weighted by atomic mass is 9.98. The van der Waals surface area contributed by atoms with Gasteiger partial charge < -0.3 is 9.84 Å². The largest absolute Gasteiger partial charge is 0.474 e. The number of ether oxygens (including phenoxy) is 1. The summed E-state index contributed by atoms with van der Waals surface area (Å²) in [6, 6.07) is 17.0. The molecule has 1 aliphatic carbocycles. The summed E-state index contributed by atoms with van der Waals surface area (Å²) in [5.41, 5.74) is 8.32. The fourth-order valence-corrected chi connectivity index (χ4v) is 3.51. The number of aliphatic carboxylic acids is 1. The number of nitrogens with zero attached hydrogens (tertiary/aromatic N) is 2. The van der Waals surface area contributed by atoms with Crippen LogP contribution in [0.25, 0.3) is 11.1 Å². The minimum atomic E-state index is -1.73. The van der Waals surface area contributed by atoms with E-state index in [-0.39, 0.29) is 24.2 Å². The number of carboxylic acids is 1. The third-order valence-electron chi connectivity index (χ3n) is 4.93. The molecule has 0 spiro atoms. The van der Waals surface area contributed by atoms with Crippen LogP contribution in [-0.2, 0) is 14.3 Å². The van der Waals surface area contributed by atoms with Gasteiger partial charge in [0.1, 0.15) is 12.3 Å². The van der Waals surface area contributed by atoms with Gasteiger partial charge in [-0.25, -0.2) is 25.0 Å². The topological polar surface area (TPSA) is 160 Å². The summed E-state index contributed by atoms with van der Waals surface area (Å²) in [4.78, 5) is 53.5. The second kappa shape index (κ2) is 9.14. The Balaban J connectivity index is 1.34. The van der Waals surface area contributed by atoms with Gasteiger partial charge in [0.05, 0.1) is 0 Å². The van der Waals surface area contributed by atoms with Crippen molar-refractivity contribution < 1.29 is 29.0 Å². The van der Waals surface area contributed by atoms with E-state index in [0.717, 1.165) is 28.5 Å². The molecule has 0 saturated heterocycles. The number of anilines is 1. The number of hydrogen-bond acceptors (Lipinski definition) is 7. The van der Waals surface area contributed by atoms with Crippen LogP contribution in [0.5, 0.6) is 0 Å². The van der Waals surface area contributed by atoms with E-state index >= 15 is 0 Å². The number of fused-ring (bicyclic) bond motifs is 3. The maximum absolute atomic E-state index is 12.2. The highest BCUT2D eigenvalue weighted by molar-refractivity contribution is 6.36. The Labute approximate surface area is 186 Å². The average Bonchev–Trinajstić information content (AvgIpc) is 3.15. The molecule has 33 heavy (non-hydrogen) atoms. The Morgan fingerprint density at radius 1 is 0.909 bits per heavy atom. The van der Waals surface area contributed by atoms with Gasteiger partial charge in [-0.05, 0) is 28.3 Å². The van der Waals surface area contributed by atoms with Gasteiger partial charge in [-0.1, -0.05) is 48.5 Å². The van der Waals surface area contributed by atoms with Gasteiger partial charge >= 0.3 is 18.0 Å². The lowest BCUT2D eigenvalue weighted by molar-refractivity contribution is -0.147. The average molecular weight is 447 g/mol. The van der Waals surface area contributed by atoms with Crippen molar-refractivity contribution in [3.8, 4) is 11.1 Å². The quantitative estimate of drug-likeness (QED) is 0.347. The lowest BCUT2D eigenvalue weighted by Gasteiger charge is -2.14. The third-order valence-corrected chi connectivity index (χ3v) is 4.93. The smallest absolute Gasteiger partial charge is 0.426 e. The van der Waals surface area contributed by atoms with Gasteiger partial charge in [0.15, 0.2) is 0 Å². The van der Waals surface area contributed by atoms with Gasteiger partial charge in [-0.15, -0.1) is 0 Å². The fraction of sp³-hybridized carbons (Fsp3) is 0.0909. The van der Waals surface area contributed by atoms with Crippen molar-refractivity contribution in [1.82, 2.24) is 20.8 Å². The molecular weight excluding hydrogens is 430 g/mol. The summed E-state index contributed by atoms with van der Waals surface area (Å²) in [5, 5.41) is 10.5. The summed E-state index contributed by atoms with van der Waals surface area (Å²) in [6.45, 7) is 0.0641. The minimum absolute atomic E-state index is 0.0641. The Hall–Kier alpha value is -4.80. The number of carboxylic acid groups (broad SMARTS) is 1. The highest BCUT2D eigenvalue weighted by Crippen LogP contribution is 2.44. The van der Waals surface area contributed by atoms with Crippen LogP contribution in [0.4, 0.5) is 10.7 Å². The van der Waals surface area contributed by atoms with Crippen LogP contribution in [0.3, 0.4) is 0 Å². The molecule has 1 heterocycles. The summed E-state index contributed by atoms with van der Waals surface area (Å²) in [5.74, 6) is -4.43. The molecule has 3 aromatic rings. The Kier molecular flexibility index (Phi) is 5.94. The van der Waals surface area contributed by atoms with Crippen LogP contribution >= 0.6 is 0 Å². The number of hydrazine groups is 1. The van der Waals surface area contributed by atoms with E-state index in [4.69, 9.17) is 9.84 Å². The van der Waals surface area contributed by atoms with Crippen LogP contribution in [0.1, 0.15) is 27.5 Å². The number of carbonyl (C=O) groups excluding carboxylic acids is 3. The molecule has 0 radical (unpaired) electrons. The molecule has 11 nitrogen and oxygen atoms in total. The number of amides is 3. The third kappa shape index (κ3) is 4.61. The Morgan fingerprint density at radius 2 is 1.55 bits per heavy atom. The first kappa shape index (κ1) is 21.4. The molecule has 2 aromatic carbocycles. The normalized spacial score (nSPS) is 11.6. The van der Waals surface area contributed by atoms with Crippen LogP contribution in [0.15, 0.2) is 60.8 Å². The van der Waals surface area contributed by atoms with Gasteiger partial charge in [-0.2, -0.15) is 0 Å². The molecule has 0 atom stereocenters. The first-order valence-corrected chi connectivity index (χ1v) is 9.72. The highest BCUT2D eigenvalue weighted by Gasteiger charge is 2.29. The summed E-state index contributed by atoms with van der Waals surface area (Å²) < 4.78 is 5.31. The van der Waals surface area contributed by atoms with Gasteiger partial charge in [-0.3, -0.25) is 20.3 Å². The van der Waals surface area contributed by atoms with E-state index in [0.29, 0.717) is 0 Å². The van der Waals surface area contributed by atoms with E-state index < -0.39 is 23.9 Å². The highest BCUT2D eigenvalue weighted by atomic mass is 16.6. The molecule has 0 bridgehead atoms. The Morgan fingerprint density at radius 3 is 2.18 bits per heavy atom. The second-order valence-electron chi connectivity index (χ2n) is 6.93. The molecule has 1 aromatic heterocycles. The standard InChI is InChI=1S/C22H17N5O6/c28-18(17-9-10-23-21(24-17)25-19(29)20(30)31)26-27-22(32)33-11-16-14-7-3-1-5-12(14)13-6-2-4-8-15(13)16/h1-10,16H,11H2,(H,26,28)(H,27,32)(H,30,31)(H,23,24,25,29). The number of benzene rings is 2. The zero-order chi connectivity index (χ0) is 23.4. The maximum Gasteiger partial charge on any atom is 0.426 e. The van der Waals surface area contributed by atoms with Gasteiger partial charge in [0.25, 0.3) is 5.91 Å². The van der Waals surface area contributed by atoms with Crippen molar-refractivity contribution in [3.63, 3.8) is 0 Å². The van der Waals surface area contributed by atoms with E-state index in [1.165, 1.54) is 6.07 Å². The SMILES string of the molecule is O=C(NNC(=O)c1ccnc(NC(=O)C(=O)O)n1)OCC1c2ccccc2-c2ccccc21. The molecule has 0 unspecified atom stereocenters. The molecule has 1 aliphatic rings. The van der Waals surface area contributed by atoms with Crippen LogP contribution in [0, 0.1) is 0 Å². The first-order chi connectivity index (χ1) is 15.9. The lowest BCUT2D eigenvalue weighted by Crippen LogP contribution is -2.42. The van der Waals surface area contributed by atoms with Crippen LogP contribution in [-0.4, -0.2) is 45.6 Å². The van der Waals surface area contributed by atoms with E-state index in [9.17, 15) is 19.2 Å². The predicted octanol–water partition coefficient (Wildman–Crippen LogP) is 1.68. The number of aromatic nitrogens is 2. The van der Waals surface area contributed by atoms with Crippen molar-refractivity contribution in [2.24, 2.45) is 0 Å². The van der Waals surface area contributed by atoms with Crippen molar-refractivity contribution in [3.05, 3.63) is 77.6 Å². The van der Waals surface area contributed by atoms with Crippen LogP contribution in [0.2, 0.25) is 0 Å². The number of nitrogens with one attached hydrogen (secondary N) is 3. The van der Waals surface area contributed by atoms with Crippen molar-refractivity contribution >= 4 is 29.8 Å².